The summed E-state index contributed by atoms with van der Waals surface area (Å²) < 4.78 is 21.1. The minimum Gasteiger partial charge on any atom is -0.481 e. The average molecular weight is 1010 g/mol. The van der Waals surface area contributed by atoms with Gasteiger partial charge in [-0.05, 0) is 58.4 Å². The molecule has 0 aliphatic rings. The number of aliphatic hydroxyl groups excluding tert-OH is 1. The number of carbonyl (C=O) groups excluding carboxylic acids is 7. The SMILES string of the molecule is CN[C@@H](CCCCNC(=O)CC[C@H](NC(=O)CC[C@H](NC(=O)COCCOCCNC(=O)COCCOCCNC(=O)CC[C@H](NC(=O)CCCCCCC(=O)O)C(=O)O)C(=O)O)C(=O)O)C(=O)CO. The number of rotatable bonds is 46. The van der Waals surface area contributed by atoms with Crippen molar-refractivity contribution in [2.24, 2.45) is 0 Å². The number of aliphatic carboxylic acids is 4. The number of hydrogen-bond acceptors (Lipinski definition) is 17. The molecule has 4 atom stereocenters. The third-order valence-corrected chi connectivity index (χ3v) is 9.91. The summed E-state index contributed by atoms with van der Waals surface area (Å²) in [7, 11) is 1.60. The van der Waals surface area contributed by atoms with Gasteiger partial charge in [0.1, 0.15) is 37.9 Å². The third kappa shape index (κ3) is 36.2. The van der Waals surface area contributed by atoms with Crippen LogP contribution in [-0.2, 0) is 71.7 Å². The molecule has 0 rings (SSSR count). The van der Waals surface area contributed by atoms with Gasteiger partial charge in [-0.2, -0.15) is 0 Å². The Morgan fingerprint density at radius 1 is 0.400 bits per heavy atom. The molecule has 0 aliphatic heterocycles. The first-order valence-corrected chi connectivity index (χ1v) is 23.1. The number of ketones is 1. The molecule has 0 heterocycles. The number of Topliss-reactive ketones (excluding diaryl/α,β-unsaturated/α-hetero) is 1. The van der Waals surface area contributed by atoms with Gasteiger partial charge in [0.15, 0.2) is 5.78 Å². The van der Waals surface area contributed by atoms with Crippen molar-refractivity contribution in [3.63, 3.8) is 0 Å². The Labute approximate surface area is 405 Å². The van der Waals surface area contributed by atoms with Crippen LogP contribution in [0.5, 0.6) is 0 Å². The summed E-state index contributed by atoms with van der Waals surface area (Å²) in [5, 5.41) is 63.4. The van der Waals surface area contributed by atoms with E-state index in [1.165, 1.54) is 0 Å². The largest absolute Gasteiger partial charge is 0.481 e. The van der Waals surface area contributed by atoms with Crippen LogP contribution < -0.4 is 37.2 Å². The van der Waals surface area contributed by atoms with Gasteiger partial charge in [0.2, 0.25) is 35.4 Å². The number of carboxylic acids is 4. The predicted octanol–water partition coefficient (Wildman–Crippen LogP) is -2.80. The van der Waals surface area contributed by atoms with E-state index >= 15 is 0 Å². The number of aliphatic hydroxyl groups is 1. The van der Waals surface area contributed by atoms with Crippen LogP contribution >= 0.6 is 0 Å². The van der Waals surface area contributed by atoms with Crippen molar-refractivity contribution in [1.82, 2.24) is 37.2 Å². The standard InChI is InChI=1S/C43H73N7O20/c1-44-29(33(52)26-51)8-6-7-17-45-34(53)14-11-31(42(63)64)49-37(56)16-13-32(43(65)66)50-39(58)28-70-25-23-68-21-19-47-38(57)27-69-24-22-67-20-18-46-35(54)15-12-30(41(61)62)48-36(55)9-4-2-3-5-10-40(59)60/h29-32,44,51H,2-28H2,1H3,(H,45,53)(H,46,54)(H,47,57)(H,48,55)(H,49,56)(H,50,58)(H,59,60)(H,61,62)(H,63,64)(H,65,66)/t29-,30-,31-,32-/m0/s1. The van der Waals surface area contributed by atoms with Crippen LogP contribution in [0.15, 0.2) is 0 Å². The lowest BCUT2D eigenvalue weighted by molar-refractivity contribution is -0.144. The minimum atomic E-state index is -1.49. The summed E-state index contributed by atoms with van der Waals surface area (Å²) in [4.78, 5) is 130. The van der Waals surface area contributed by atoms with Gasteiger partial charge >= 0.3 is 23.9 Å². The van der Waals surface area contributed by atoms with Crippen molar-refractivity contribution in [2.75, 3.05) is 86.1 Å². The summed E-state index contributed by atoms with van der Waals surface area (Å²) >= 11 is 0. The molecular weight excluding hydrogens is 935 g/mol. The maximum atomic E-state index is 12.4. The Bertz CT molecular complexity index is 1640. The fourth-order valence-electron chi connectivity index (χ4n) is 6.08. The second-order valence-electron chi connectivity index (χ2n) is 15.6. The van der Waals surface area contributed by atoms with Crippen LogP contribution in [0.4, 0.5) is 0 Å². The zero-order chi connectivity index (χ0) is 52.5. The Morgan fingerprint density at radius 3 is 1.29 bits per heavy atom. The van der Waals surface area contributed by atoms with E-state index in [9.17, 15) is 68.1 Å². The van der Waals surface area contributed by atoms with Crippen molar-refractivity contribution in [2.45, 2.75) is 120 Å². The van der Waals surface area contributed by atoms with Crippen molar-refractivity contribution in [3.05, 3.63) is 0 Å². The van der Waals surface area contributed by atoms with Gasteiger partial charge in [-0.3, -0.25) is 38.4 Å². The fraction of sp³-hybridized carbons (Fsp3) is 0.744. The molecule has 70 heavy (non-hydrogen) atoms. The molecule has 0 aromatic carbocycles. The molecule has 0 aliphatic carbocycles. The van der Waals surface area contributed by atoms with E-state index in [1.54, 1.807) is 7.05 Å². The molecule has 0 unspecified atom stereocenters. The molecule has 0 saturated heterocycles. The molecule has 27 heteroatoms. The number of hydrogen-bond donors (Lipinski definition) is 12. The van der Waals surface area contributed by atoms with Gasteiger partial charge in [-0.1, -0.05) is 12.8 Å². The molecule has 0 spiro atoms. The van der Waals surface area contributed by atoms with Gasteiger partial charge in [0.25, 0.3) is 0 Å². The van der Waals surface area contributed by atoms with Crippen molar-refractivity contribution in [1.29, 1.82) is 0 Å². The maximum absolute atomic E-state index is 12.4. The molecule has 0 fully saturated rings. The number of likely N-dealkylation sites (N-methyl/N-ethyl adjacent to an activating group) is 1. The number of unbranched alkanes of at least 4 members (excludes halogenated alkanes) is 4. The van der Waals surface area contributed by atoms with E-state index in [0.717, 1.165) is 0 Å². The second kappa shape index (κ2) is 41.0. The van der Waals surface area contributed by atoms with Gasteiger partial charge in [-0.15, -0.1) is 0 Å². The Balaban J connectivity index is 4.07. The summed E-state index contributed by atoms with van der Waals surface area (Å²) in [6.45, 7) is -0.473. The molecule has 12 N–H and O–H groups in total. The van der Waals surface area contributed by atoms with Crippen LogP contribution in [0.3, 0.4) is 0 Å². The summed E-state index contributed by atoms with van der Waals surface area (Å²) in [6.07, 6.45) is 2.42. The summed E-state index contributed by atoms with van der Waals surface area (Å²) in [5.74, 6) is -8.74. The Hall–Kier alpha value is -5.87. The first kappa shape index (κ1) is 64.1. The molecule has 0 aromatic rings. The third-order valence-electron chi connectivity index (χ3n) is 9.91. The quantitative estimate of drug-likeness (QED) is 0.0274. The summed E-state index contributed by atoms with van der Waals surface area (Å²) in [6, 6.07) is -4.66. The number of ether oxygens (including phenoxy) is 4. The Kier molecular flexibility index (Phi) is 37.5. The summed E-state index contributed by atoms with van der Waals surface area (Å²) in [5.41, 5.74) is 0. The first-order chi connectivity index (χ1) is 33.4. The number of nitrogens with one attached hydrogen (secondary N) is 7. The lowest BCUT2D eigenvalue weighted by Crippen LogP contribution is -2.45. The van der Waals surface area contributed by atoms with Crippen molar-refractivity contribution >= 4 is 65.1 Å². The molecular formula is C43H73N7O20. The highest BCUT2D eigenvalue weighted by Crippen LogP contribution is 2.08. The molecule has 0 radical (unpaired) electrons. The fourth-order valence-corrected chi connectivity index (χ4v) is 6.08. The van der Waals surface area contributed by atoms with E-state index in [1.807, 2.05) is 0 Å². The van der Waals surface area contributed by atoms with Crippen LogP contribution in [0, 0.1) is 0 Å². The van der Waals surface area contributed by atoms with Gasteiger partial charge < -0.3 is 81.7 Å². The predicted molar refractivity (Wildman–Crippen MR) is 243 cm³/mol. The van der Waals surface area contributed by atoms with E-state index in [0.29, 0.717) is 44.9 Å². The molecule has 27 nitrogen and oxygen atoms in total. The number of carboxylic acid groups (broad SMARTS) is 4. The van der Waals surface area contributed by atoms with Gasteiger partial charge in [-0.25, -0.2) is 14.4 Å². The Morgan fingerprint density at radius 2 is 0.814 bits per heavy atom. The van der Waals surface area contributed by atoms with E-state index < -0.39 is 103 Å². The van der Waals surface area contributed by atoms with Gasteiger partial charge in [0, 0.05) is 51.7 Å². The van der Waals surface area contributed by atoms with Gasteiger partial charge in [0.05, 0.1) is 45.7 Å². The highest BCUT2D eigenvalue weighted by Gasteiger charge is 2.25. The highest BCUT2D eigenvalue weighted by atomic mass is 16.5. The van der Waals surface area contributed by atoms with Crippen LogP contribution in [0.2, 0.25) is 0 Å². The minimum absolute atomic E-state index is 0.0288. The number of amides is 6. The smallest absolute Gasteiger partial charge is 0.326 e. The average Bonchev–Trinajstić information content (AvgIpc) is 3.31. The monoisotopic (exact) mass is 1010 g/mol. The van der Waals surface area contributed by atoms with E-state index in [-0.39, 0.29) is 117 Å². The lowest BCUT2D eigenvalue weighted by atomic mass is 10.1. The van der Waals surface area contributed by atoms with Crippen LogP contribution in [0.1, 0.15) is 96.3 Å². The molecule has 6 amide bonds. The molecule has 0 aromatic heterocycles. The lowest BCUT2D eigenvalue weighted by Gasteiger charge is -2.17. The highest BCUT2D eigenvalue weighted by molar-refractivity contribution is 5.87. The van der Waals surface area contributed by atoms with E-state index in [4.69, 9.17) is 29.2 Å². The van der Waals surface area contributed by atoms with Crippen molar-refractivity contribution in [3.8, 4) is 0 Å². The number of carbonyl (C=O) groups is 11. The van der Waals surface area contributed by atoms with Crippen LogP contribution in [-0.4, -0.2) is 201 Å². The van der Waals surface area contributed by atoms with Crippen LogP contribution in [0.25, 0.3) is 0 Å². The normalized spacial score (nSPS) is 12.6. The first-order valence-electron chi connectivity index (χ1n) is 23.1. The topological polar surface area (TPSA) is 410 Å². The second-order valence-corrected chi connectivity index (χ2v) is 15.6. The van der Waals surface area contributed by atoms with Crippen molar-refractivity contribution < 1.29 is 97.2 Å². The molecule has 0 saturated carbocycles. The maximum Gasteiger partial charge on any atom is 0.326 e. The zero-order valence-corrected chi connectivity index (χ0v) is 39.8. The zero-order valence-electron chi connectivity index (χ0n) is 39.8. The molecule has 400 valence electrons. The molecule has 0 bridgehead atoms. The van der Waals surface area contributed by atoms with E-state index in [2.05, 4.69) is 37.2 Å².